The first-order valence-corrected chi connectivity index (χ1v) is 4.61. The monoisotopic (exact) mass is 185 g/mol. The van der Waals surface area contributed by atoms with Gasteiger partial charge in [-0.3, -0.25) is 0 Å². The van der Waals surface area contributed by atoms with Crippen LogP contribution < -0.4 is 0 Å². The summed E-state index contributed by atoms with van der Waals surface area (Å²) in [6.07, 6.45) is 0.880. The average Bonchev–Trinajstić information content (AvgIpc) is 2.74. The molecule has 14 heavy (non-hydrogen) atoms. The highest BCUT2D eigenvalue weighted by molar-refractivity contribution is 6.32. The van der Waals surface area contributed by atoms with Gasteiger partial charge in [0.1, 0.15) is 6.04 Å². The summed E-state index contributed by atoms with van der Waals surface area (Å²) in [5.41, 5.74) is 0.966. The van der Waals surface area contributed by atoms with Gasteiger partial charge in [0, 0.05) is 0 Å². The first-order chi connectivity index (χ1) is 6.92. The Morgan fingerprint density at radius 2 is 2.21 bits per heavy atom. The maximum absolute atomic E-state index is 9.05. The molecule has 1 heterocycles. The molecule has 1 aromatic rings. The largest absolute Gasteiger partial charge is 0.310 e. The van der Waals surface area contributed by atoms with Gasteiger partial charge in [-0.05, 0) is 11.9 Å². The molecule has 1 aliphatic heterocycles. The van der Waals surface area contributed by atoms with Crippen LogP contribution in [0.3, 0.4) is 0 Å². The van der Waals surface area contributed by atoms with Gasteiger partial charge in [0.2, 0.25) is 0 Å². The molecule has 4 heteroatoms. The van der Waals surface area contributed by atoms with Crippen molar-refractivity contribution in [3.63, 3.8) is 0 Å². The van der Waals surface area contributed by atoms with Crippen LogP contribution in [-0.2, 0) is 4.84 Å². The Bertz CT molecular complexity index is 330. The van der Waals surface area contributed by atoms with E-state index >= 15 is 0 Å². The third kappa shape index (κ3) is 1.79. The van der Waals surface area contributed by atoms with Crippen molar-refractivity contribution in [2.45, 2.75) is 12.4 Å². The van der Waals surface area contributed by atoms with Crippen molar-refractivity contribution >= 4 is 7.41 Å². The zero-order valence-corrected chi connectivity index (χ0v) is 7.76. The second kappa shape index (κ2) is 4.27. The van der Waals surface area contributed by atoms with Crippen molar-refractivity contribution in [2.24, 2.45) is 0 Å². The van der Waals surface area contributed by atoms with Crippen LogP contribution in [0, 0.1) is 11.3 Å². The molecular formula is C10H10BN2O. The second-order valence-electron chi connectivity index (χ2n) is 3.11. The van der Waals surface area contributed by atoms with Crippen molar-refractivity contribution < 1.29 is 4.84 Å². The molecule has 1 saturated heterocycles. The SMILES string of the molecule is N#CC(c1ccccc1)N1[B]CCO1. The van der Waals surface area contributed by atoms with Crippen LogP contribution in [0.1, 0.15) is 11.6 Å². The van der Waals surface area contributed by atoms with Gasteiger partial charge in [-0.2, -0.15) is 5.26 Å². The second-order valence-corrected chi connectivity index (χ2v) is 3.11. The minimum atomic E-state index is -0.321. The topological polar surface area (TPSA) is 36.3 Å². The summed E-state index contributed by atoms with van der Waals surface area (Å²) in [4.78, 5) is 6.95. The van der Waals surface area contributed by atoms with E-state index in [9.17, 15) is 0 Å². The van der Waals surface area contributed by atoms with E-state index in [1.165, 1.54) is 0 Å². The molecule has 0 amide bonds. The van der Waals surface area contributed by atoms with Crippen molar-refractivity contribution in [3.05, 3.63) is 35.9 Å². The van der Waals surface area contributed by atoms with Crippen LogP contribution in [0.15, 0.2) is 30.3 Å². The Labute approximate surface area is 84.1 Å². The van der Waals surface area contributed by atoms with Crippen LogP contribution in [0.4, 0.5) is 0 Å². The van der Waals surface area contributed by atoms with E-state index in [-0.39, 0.29) is 6.04 Å². The van der Waals surface area contributed by atoms with Gasteiger partial charge < -0.3 is 4.84 Å². The fourth-order valence-corrected chi connectivity index (χ4v) is 1.48. The molecule has 0 aliphatic carbocycles. The van der Waals surface area contributed by atoms with E-state index in [1.807, 2.05) is 37.7 Å². The van der Waals surface area contributed by atoms with Crippen molar-refractivity contribution in [2.75, 3.05) is 6.61 Å². The lowest BCUT2D eigenvalue weighted by molar-refractivity contribution is -0.0784. The first-order valence-electron chi connectivity index (χ1n) is 4.61. The summed E-state index contributed by atoms with van der Waals surface area (Å²) in [6, 6.07) is 11.6. The maximum Gasteiger partial charge on any atom is 0.251 e. The Hall–Kier alpha value is -1.31. The van der Waals surface area contributed by atoms with Crippen LogP contribution in [0.5, 0.6) is 0 Å². The van der Waals surface area contributed by atoms with E-state index in [0.717, 1.165) is 11.9 Å². The molecule has 0 bridgehead atoms. The van der Waals surface area contributed by atoms with Crippen LogP contribution >= 0.6 is 0 Å². The fraction of sp³-hybridized carbons (Fsp3) is 0.300. The van der Waals surface area contributed by atoms with Crippen molar-refractivity contribution in [3.8, 4) is 6.07 Å². The summed E-state index contributed by atoms with van der Waals surface area (Å²) in [6.45, 7) is 0.672. The summed E-state index contributed by atoms with van der Waals surface area (Å²) >= 11 is 0. The smallest absolute Gasteiger partial charge is 0.251 e. The predicted octanol–water partition coefficient (Wildman–Crippen LogP) is 1.54. The van der Waals surface area contributed by atoms with Crippen molar-refractivity contribution in [1.29, 1.82) is 5.26 Å². The van der Waals surface area contributed by atoms with E-state index in [0.29, 0.717) is 6.61 Å². The summed E-state index contributed by atoms with van der Waals surface area (Å²) < 4.78 is 0. The summed E-state index contributed by atoms with van der Waals surface area (Å²) in [7, 11) is 1.92. The number of hydrogen-bond acceptors (Lipinski definition) is 3. The minimum Gasteiger partial charge on any atom is -0.310 e. The molecule has 1 unspecified atom stereocenters. The van der Waals surface area contributed by atoms with Gasteiger partial charge in [-0.15, -0.1) is 0 Å². The third-order valence-electron chi connectivity index (χ3n) is 2.16. The number of nitriles is 1. The first kappa shape index (κ1) is 9.26. The van der Waals surface area contributed by atoms with Gasteiger partial charge >= 0.3 is 0 Å². The Morgan fingerprint density at radius 1 is 1.43 bits per heavy atom. The molecule has 69 valence electrons. The lowest BCUT2D eigenvalue weighted by Gasteiger charge is -2.20. The zero-order chi connectivity index (χ0) is 9.80. The van der Waals surface area contributed by atoms with Crippen LogP contribution in [-0.4, -0.2) is 19.0 Å². The van der Waals surface area contributed by atoms with Gasteiger partial charge in [0.25, 0.3) is 7.41 Å². The molecule has 3 nitrogen and oxygen atoms in total. The molecule has 0 aromatic heterocycles. The normalized spacial score (nSPS) is 18.5. The lowest BCUT2D eigenvalue weighted by atomic mass is 9.88. The number of hydroxylamine groups is 1. The Morgan fingerprint density at radius 3 is 2.79 bits per heavy atom. The molecule has 0 saturated carbocycles. The number of hydrogen-bond donors (Lipinski definition) is 0. The van der Waals surface area contributed by atoms with Gasteiger partial charge in [-0.25, -0.2) is 4.97 Å². The highest BCUT2D eigenvalue weighted by atomic mass is 16.7. The van der Waals surface area contributed by atoms with E-state index in [1.54, 1.807) is 4.97 Å². The zero-order valence-electron chi connectivity index (χ0n) is 7.76. The fourth-order valence-electron chi connectivity index (χ4n) is 1.48. The molecule has 1 aromatic carbocycles. The van der Waals surface area contributed by atoms with E-state index < -0.39 is 0 Å². The molecule has 1 radical (unpaired) electrons. The van der Waals surface area contributed by atoms with Gasteiger partial charge in [0.15, 0.2) is 0 Å². The van der Waals surface area contributed by atoms with Crippen molar-refractivity contribution in [1.82, 2.24) is 4.97 Å². The highest BCUT2D eigenvalue weighted by Crippen LogP contribution is 2.22. The van der Waals surface area contributed by atoms with Gasteiger partial charge in [-0.1, -0.05) is 30.3 Å². The molecular weight excluding hydrogens is 175 g/mol. The Balaban J connectivity index is 2.18. The standard InChI is InChI=1S/C10H10BN2O/c12-8-10(13-11-6-7-14-13)9-4-2-1-3-5-9/h1-5,10H,6-7H2. The average molecular weight is 185 g/mol. The maximum atomic E-state index is 9.05. The molecule has 1 aliphatic rings. The third-order valence-corrected chi connectivity index (χ3v) is 2.16. The molecule has 0 N–H and O–H groups in total. The Kier molecular flexibility index (Phi) is 2.83. The van der Waals surface area contributed by atoms with E-state index in [2.05, 4.69) is 6.07 Å². The lowest BCUT2D eigenvalue weighted by Crippen LogP contribution is -2.25. The number of nitrogens with zero attached hydrogens (tertiary/aromatic N) is 2. The van der Waals surface area contributed by atoms with Crippen LogP contribution in [0.25, 0.3) is 0 Å². The molecule has 0 spiro atoms. The summed E-state index contributed by atoms with van der Waals surface area (Å²) in [5, 5.41) is 9.05. The number of rotatable bonds is 2. The predicted molar refractivity (Wildman–Crippen MR) is 53.1 cm³/mol. The molecule has 1 atom stereocenters. The summed E-state index contributed by atoms with van der Waals surface area (Å²) in [5.74, 6) is 0. The minimum absolute atomic E-state index is 0.321. The van der Waals surface area contributed by atoms with Gasteiger partial charge in [0.05, 0.1) is 12.7 Å². The molecule has 1 fully saturated rings. The quantitative estimate of drug-likeness (QED) is 0.655. The van der Waals surface area contributed by atoms with Crippen LogP contribution in [0.2, 0.25) is 6.32 Å². The highest BCUT2D eigenvalue weighted by Gasteiger charge is 2.24. The number of benzene rings is 1. The molecule has 2 rings (SSSR count). The van der Waals surface area contributed by atoms with E-state index in [4.69, 9.17) is 10.1 Å².